The average Bonchev–Trinajstić information content (AvgIpc) is 3.87. The topological polar surface area (TPSA) is 35.6 Å². The molecule has 0 saturated heterocycles. The number of rotatable bonds is 7. The lowest BCUT2D eigenvalue weighted by Crippen LogP contribution is -2.32. The molecule has 62 heavy (non-hydrogen) atoms. The Morgan fingerprint density at radius 2 is 0.984 bits per heavy atom. The minimum Gasteiger partial charge on any atom is -0.309 e. The first-order valence-electron chi connectivity index (χ1n) is 21.3. The van der Waals surface area contributed by atoms with Gasteiger partial charge in [0.1, 0.15) is 0 Å². The predicted octanol–water partition coefficient (Wildman–Crippen LogP) is 12.9. The molecule has 0 fully saturated rings. The van der Waals surface area contributed by atoms with Crippen LogP contribution >= 0.6 is 0 Å². The van der Waals surface area contributed by atoms with Crippen LogP contribution in [-0.4, -0.2) is 19.1 Å². The molecule has 4 heteroatoms. The molecule has 8 aromatic carbocycles. The van der Waals surface area contributed by atoms with Crippen LogP contribution in [0.3, 0.4) is 0 Å². The van der Waals surface area contributed by atoms with Gasteiger partial charge in [-0.25, -0.2) is 9.97 Å². The van der Waals surface area contributed by atoms with E-state index in [4.69, 9.17) is 9.97 Å². The molecule has 3 aromatic heterocycles. The molecular weight excluding hydrogens is 753 g/mol. The maximum atomic E-state index is 5.24. The summed E-state index contributed by atoms with van der Waals surface area (Å²) in [5, 5.41) is 6.09. The van der Waals surface area contributed by atoms with Crippen LogP contribution in [0.25, 0.3) is 101 Å². The summed E-state index contributed by atoms with van der Waals surface area (Å²) in [4.78, 5) is 10.1. The Balaban J connectivity index is 0.932. The van der Waals surface area contributed by atoms with Crippen LogP contribution in [0.2, 0.25) is 0 Å². The highest BCUT2D eigenvalue weighted by Crippen LogP contribution is 2.38. The van der Waals surface area contributed by atoms with Crippen molar-refractivity contribution in [1.29, 1.82) is 0 Å². The zero-order chi connectivity index (χ0) is 41.0. The molecule has 3 heterocycles. The van der Waals surface area contributed by atoms with Crippen LogP contribution in [0.1, 0.15) is 17.9 Å². The third-order valence-corrected chi connectivity index (χ3v) is 12.6. The largest absolute Gasteiger partial charge is 0.309 e. The molecule has 0 radical (unpaired) electrons. The highest BCUT2D eigenvalue weighted by molar-refractivity contribution is 6.11. The molecule has 1 aliphatic carbocycles. The van der Waals surface area contributed by atoms with Gasteiger partial charge in [0, 0.05) is 44.7 Å². The van der Waals surface area contributed by atoms with Crippen LogP contribution in [0, 0.1) is 0 Å². The molecule has 1 unspecified atom stereocenters. The number of benzene rings is 8. The van der Waals surface area contributed by atoms with Crippen LogP contribution in [0.15, 0.2) is 212 Å². The zero-order valence-electron chi connectivity index (χ0n) is 33.9. The predicted molar refractivity (Wildman–Crippen MR) is 257 cm³/mol. The molecular formula is C58H40N4. The fourth-order valence-electron chi connectivity index (χ4n) is 9.51. The first-order chi connectivity index (χ1) is 30.7. The average molecular weight is 793 g/mol. The Bertz CT molecular complexity index is 3580. The standard InChI is InChI=1S/C58H40N4/c1-4-13-39(14-5-1)41-23-25-42(26-24-41)43-17-12-18-47(35-43)53-33-34-59-58(60-53)62-54-22-11-10-21-49(54)50-37-45(29-32-57(50)62)46-28-31-56-52(38-46)51-36-44(40-15-6-2-7-16-40)27-30-55(51)61(56)48-19-8-3-9-20-48/h1-28,30-38,45H,29H2. The number of hydrogen-bond donors (Lipinski definition) is 0. The smallest absolute Gasteiger partial charge is 0.235 e. The van der Waals surface area contributed by atoms with Crippen molar-refractivity contribution in [1.82, 2.24) is 19.1 Å². The van der Waals surface area contributed by atoms with Crippen molar-refractivity contribution in [3.05, 3.63) is 229 Å². The molecule has 0 amide bonds. The third kappa shape index (κ3) is 6.15. The van der Waals surface area contributed by atoms with Crippen LogP contribution in [0.5, 0.6) is 0 Å². The molecule has 0 bridgehead atoms. The van der Waals surface area contributed by atoms with Crippen molar-refractivity contribution >= 4 is 44.9 Å². The Hall–Kier alpha value is -8.08. The van der Waals surface area contributed by atoms with Gasteiger partial charge in [-0.1, -0.05) is 164 Å². The van der Waals surface area contributed by atoms with E-state index in [9.17, 15) is 0 Å². The summed E-state index contributed by atoms with van der Waals surface area (Å²) in [6, 6.07) is 74.0. The van der Waals surface area contributed by atoms with Gasteiger partial charge >= 0.3 is 0 Å². The highest BCUT2D eigenvalue weighted by Gasteiger charge is 2.21. The fourth-order valence-corrected chi connectivity index (χ4v) is 9.51. The molecule has 0 aliphatic heterocycles. The van der Waals surface area contributed by atoms with Crippen molar-refractivity contribution in [2.45, 2.75) is 12.3 Å². The summed E-state index contributed by atoms with van der Waals surface area (Å²) < 4.78 is 4.65. The molecule has 292 valence electrons. The van der Waals surface area contributed by atoms with Gasteiger partial charge in [0.05, 0.1) is 27.6 Å². The first kappa shape index (κ1) is 35.8. The van der Waals surface area contributed by atoms with Crippen LogP contribution in [-0.2, 0) is 0 Å². The normalized spacial score (nSPS) is 13.5. The van der Waals surface area contributed by atoms with Crippen molar-refractivity contribution in [2.75, 3.05) is 0 Å². The van der Waals surface area contributed by atoms with E-state index in [1.165, 1.54) is 65.8 Å². The van der Waals surface area contributed by atoms with Crippen molar-refractivity contribution in [2.24, 2.45) is 0 Å². The second-order valence-corrected chi connectivity index (χ2v) is 16.2. The molecule has 0 N–H and O–H groups in total. The second-order valence-electron chi connectivity index (χ2n) is 16.2. The molecule has 11 aromatic rings. The van der Waals surface area contributed by atoms with Crippen molar-refractivity contribution in [3.63, 3.8) is 0 Å². The minimum atomic E-state index is 0.204. The van der Waals surface area contributed by atoms with E-state index in [1.54, 1.807) is 0 Å². The van der Waals surface area contributed by atoms with Gasteiger partial charge in [0.15, 0.2) is 0 Å². The third-order valence-electron chi connectivity index (χ3n) is 12.6. The van der Waals surface area contributed by atoms with Gasteiger partial charge in [-0.3, -0.25) is 4.57 Å². The van der Waals surface area contributed by atoms with E-state index in [0.717, 1.165) is 39.8 Å². The number of para-hydroxylation sites is 2. The molecule has 0 saturated carbocycles. The summed E-state index contributed by atoms with van der Waals surface area (Å²) in [6.45, 7) is 0. The Morgan fingerprint density at radius 3 is 1.76 bits per heavy atom. The maximum absolute atomic E-state index is 5.24. The van der Waals surface area contributed by atoms with E-state index < -0.39 is 0 Å². The van der Waals surface area contributed by atoms with E-state index in [-0.39, 0.29) is 5.92 Å². The van der Waals surface area contributed by atoms with E-state index in [0.29, 0.717) is 5.95 Å². The Morgan fingerprint density at radius 1 is 0.419 bits per heavy atom. The van der Waals surface area contributed by atoms with Gasteiger partial charge < -0.3 is 4.57 Å². The Labute approximate surface area is 359 Å². The zero-order valence-corrected chi connectivity index (χ0v) is 33.9. The second kappa shape index (κ2) is 14.9. The first-order valence-corrected chi connectivity index (χ1v) is 21.3. The van der Waals surface area contributed by atoms with Crippen LogP contribution < -0.4 is 10.6 Å². The van der Waals surface area contributed by atoms with Crippen molar-refractivity contribution < 1.29 is 0 Å². The number of nitrogens with zero attached hydrogens (tertiary/aromatic N) is 4. The van der Waals surface area contributed by atoms with Gasteiger partial charge in [-0.2, -0.15) is 0 Å². The highest BCUT2D eigenvalue weighted by atomic mass is 15.2. The van der Waals surface area contributed by atoms with Gasteiger partial charge in [0.25, 0.3) is 0 Å². The van der Waals surface area contributed by atoms with Gasteiger partial charge in [0.2, 0.25) is 5.95 Å². The van der Waals surface area contributed by atoms with Gasteiger partial charge in [-0.05, 0) is 100.0 Å². The molecule has 1 aliphatic rings. The van der Waals surface area contributed by atoms with Crippen LogP contribution in [0.4, 0.5) is 0 Å². The quantitative estimate of drug-likeness (QED) is 0.161. The summed E-state index contributed by atoms with van der Waals surface area (Å²) in [7, 11) is 0. The summed E-state index contributed by atoms with van der Waals surface area (Å²) in [5.41, 5.74) is 15.1. The van der Waals surface area contributed by atoms with Gasteiger partial charge in [-0.15, -0.1) is 0 Å². The maximum Gasteiger partial charge on any atom is 0.235 e. The van der Waals surface area contributed by atoms with Crippen molar-refractivity contribution in [3.8, 4) is 56.3 Å². The molecule has 12 rings (SSSR count). The summed E-state index contributed by atoms with van der Waals surface area (Å²) >= 11 is 0. The summed E-state index contributed by atoms with van der Waals surface area (Å²) in [6.07, 6.45) is 7.62. The summed E-state index contributed by atoms with van der Waals surface area (Å²) in [5.74, 6) is 0.875. The molecule has 4 nitrogen and oxygen atoms in total. The molecule has 1 atom stereocenters. The fraction of sp³-hybridized carbons (Fsp3) is 0.0345. The molecule has 0 spiro atoms. The lowest BCUT2D eigenvalue weighted by Gasteiger charge is -2.15. The minimum absolute atomic E-state index is 0.204. The Kier molecular flexibility index (Phi) is 8.60. The monoisotopic (exact) mass is 792 g/mol. The number of hydrogen-bond acceptors (Lipinski definition) is 2. The number of aromatic nitrogens is 4. The van der Waals surface area contributed by atoms with E-state index in [1.807, 2.05) is 12.3 Å². The SMILES string of the molecule is C1=c2c(n(-c3nccc(-c4cccc(-c5ccc(-c6ccccc6)cc5)c4)n3)c3ccccc23)=CCC1c1ccc2c(c1)c1cc(-c3ccccc3)ccc1n2-c1ccccc1. The van der Waals surface area contributed by atoms with E-state index in [2.05, 4.69) is 221 Å². The number of fused-ring (bicyclic) bond motifs is 6. The lowest BCUT2D eigenvalue weighted by atomic mass is 9.90. The van der Waals surface area contributed by atoms with E-state index >= 15 is 0 Å². The lowest BCUT2D eigenvalue weighted by molar-refractivity contribution is 0.887.